The summed E-state index contributed by atoms with van der Waals surface area (Å²) in [6.45, 7) is 2.66. The second-order valence-corrected chi connectivity index (χ2v) is 6.03. The molecule has 1 atom stereocenters. The molecule has 0 unspecified atom stereocenters. The van der Waals surface area contributed by atoms with Gasteiger partial charge in [0, 0.05) is 12.2 Å². The maximum Gasteiger partial charge on any atom is 0.319 e. The largest absolute Gasteiger partial charge is 0.484 e. The number of ether oxygens (including phenoxy) is 1. The number of carbonyl (C=O) groups is 1. The fourth-order valence-electron chi connectivity index (χ4n) is 2.63. The van der Waals surface area contributed by atoms with E-state index in [1.165, 1.54) is 0 Å². The molecule has 1 heterocycles. The summed E-state index contributed by atoms with van der Waals surface area (Å²) in [7, 11) is 0. The number of nitrogens with zero attached hydrogens (tertiary/aromatic N) is 2. The van der Waals surface area contributed by atoms with E-state index >= 15 is 0 Å². The van der Waals surface area contributed by atoms with E-state index in [0.717, 1.165) is 19.3 Å². The minimum absolute atomic E-state index is 0.190. The number of aryl methyl sites for hydroxylation is 1. The Kier molecular flexibility index (Phi) is 5.66. The predicted octanol–water partition coefficient (Wildman–Crippen LogP) is 3.43. The van der Waals surface area contributed by atoms with Gasteiger partial charge in [-0.25, -0.2) is 4.79 Å². The molecular weight excluding hydrogens is 320 g/mol. The number of anilines is 1. The number of amides is 2. The molecule has 7 heteroatoms. The van der Waals surface area contributed by atoms with Crippen LogP contribution >= 0.6 is 0 Å². The lowest BCUT2D eigenvalue weighted by Crippen LogP contribution is -2.33. The van der Waals surface area contributed by atoms with Crippen LogP contribution in [-0.4, -0.2) is 22.7 Å². The molecule has 1 aliphatic carbocycles. The number of hydrogen-bond acceptors (Lipinski definition) is 5. The molecule has 2 N–H and O–H groups in total. The molecule has 0 radical (unpaired) electrons. The first-order valence-corrected chi connectivity index (χ1v) is 8.41. The fraction of sp³-hybridized carbons (Fsp3) is 0.389. The van der Waals surface area contributed by atoms with Crippen molar-refractivity contribution in [3.63, 3.8) is 0 Å². The summed E-state index contributed by atoms with van der Waals surface area (Å²) < 4.78 is 10.5. The van der Waals surface area contributed by atoms with Gasteiger partial charge in [0.15, 0.2) is 12.4 Å². The van der Waals surface area contributed by atoms with Gasteiger partial charge in [-0.2, -0.15) is 4.98 Å². The van der Waals surface area contributed by atoms with Crippen LogP contribution in [-0.2, 0) is 6.61 Å². The first kappa shape index (κ1) is 17.0. The van der Waals surface area contributed by atoms with Crippen molar-refractivity contribution in [2.75, 3.05) is 11.9 Å². The molecule has 0 fully saturated rings. The third kappa shape index (κ3) is 5.34. The molecule has 2 aromatic rings. The molecule has 0 saturated heterocycles. The van der Waals surface area contributed by atoms with Gasteiger partial charge in [0.1, 0.15) is 5.75 Å². The van der Waals surface area contributed by atoms with Gasteiger partial charge in [-0.15, -0.1) is 0 Å². The first-order chi connectivity index (χ1) is 12.2. The van der Waals surface area contributed by atoms with E-state index in [-0.39, 0.29) is 12.6 Å². The monoisotopic (exact) mass is 342 g/mol. The van der Waals surface area contributed by atoms with Crippen LogP contribution in [0.1, 0.15) is 31.0 Å². The van der Waals surface area contributed by atoms with Gasteiger partial charge in [0.2, 0.25) is 0 Å². The first-order valence-electron chi connectivity index (χ1n) is 8.41. The normalized spacial score (nSPS) is 16.4. The molecule has 1 aromatic carbocycles. The number of urea groups is 1. The van der Waals surface area contributed by atoms with Crippen molar-refractivity contribution >= 4 is 11.7 Å². The summed E-state index contributed by atoms with van der Waals surface area (Å²) in [5.41, 5.74) is 0.710. The molecule has 1 aromatic heterocycles. The highest BCUT2D eigenvalue weighted by atomic mass is 16.5. The Morgan fingerprint density at radius 2 is 2.16 bits per heavy atom. The molecule has 0 aliphatic heterocycles. The van der Waals surface area contributed by atoms with Crippen molar-refractivity contribution in [1.82, 2.24) is 15.5 Å². The van der Waals surface area contributed by atoms with Crippen molar-refractivity contribution < 1.29 is 14.1 Å². The number of benzene rings is 1. The van der Waals surface area contributed by atoms with E-state index in [4.69, 9.17) is 9.26 Å². The summed E-state index contributed by atoms with van der Waals surface area (Å²) in [5, 5.41) is 9.45. The summed E-state index contributed by atoms with van der Waals surface area (Å²) in [6, 6.07) is 6.95. The molecule has 25 heavy (non-hydrogen) atoms. The lowest BCUT2D eigenvalue weighted by molar-refractivity contribution is 0.242. The van der Waals surface area contributed by atoms with Gasteiger partial charge in [0.05, 0.1) is 0 Å². The predicted molar refractivity (Wildman–Crippen MR) is 93.3 cm³/mol. The van der Waals surface area contributed by atoms with Crippen LogP contribution in [0.4, 0.5) is 10.5 Å². The minimum atomic E-state index is -0.190. The van der Waals surface area contributed by atoms with E-state index in [0.29, 0.717) is 35.6 Å². The minimum Gasteiger partial charge on any atom is -0.484 e. The topological polar surface area (TPSA) is 89.3 Å². The Bertz CT molecular complexity index is 724. The quantitative estimate of drug-likeness (QED) is 0.785. The Balaban J connectivity index is 1.42. The van der Waals surface area contributed by atoms with Crippen molar-refractivity contribution in [3.8, 4) is 5.75 Å². The Morgan fingerprint density at radius 3 is 2.84 bits per heavy atom. The van der Waals surface area contributed by atoms with E-state index in [2.05, 4.69) is 32.9 Å². The Hall–Kier alpha value is -2.83. The van der Waals surface area contributed by atoms with Gasteiger partial charge in [-0.3, -0.25) is 0 Å². The molecule has 132 valence electrons. The van der Waals surface area contributed by atoms with Gasteiger partial charge in [-0.05, 0) is 56.4 Å². The zero-order valence-electron chi connectivity index (χ0n) is 14.2. The lowest BCUT2D eigenvalue weighted by atomic mass is 9.94. The van der Waals surface area contributed by atoms with Gasteiger partial charge < -0.3 is 19.9 Å². The van der Waals surface area contributed by atoms with Crippen LogP contribution in [0.5, 0.6) is 5.75 Å². The molecular formula is C18H22N4O3. The highest BCUT2D eigenvalue weighted by Crippen LogP contribution is 2.18. The van der Waals surface area contributed by atoms with Crippen molar-refractivity contribution in [3.05, 3.63) is 48.1 Å². The SMILES string of the molecule is Cc1noc(COc2ccc(NC(=O)NC[C@H]3CC=CCC3)cc2)n1. The average molecular weight is 342 g/mol. The Labute approximate surface area is 146 Å². The van der Waals surface area contributed by atoms with Crippen molar-refractivity contribution in [2.24, 2.45) is 5.92 Å². The van der Waals surface area contributed by atoms with Crippen molar-refractivity contribution in [1.29, 1.82) is 0 Å². The maximum absolute atomic E-state index is 12.0. The molecule has 1 aliphatic rings. The van der Waals surface area contributed by atoms with Crippen molar-refractivity contribution in [2.45, 2.75) is 32.8 Å². The number of aromatic nitrogens is 2. The van der Waals surface area contributed by atoms with Gasteiger partial charge >= 0.3 is 6.03 Å². The summed E-state index contributed by atoms with van der Waals surface area (Å²) >= 11 is 0. The third-order valence-corrected chi connectivity index (χ3v) is 3.97. The van der Waals surface area contributed by atoms with E-state index < -0.39 is 0 Å². The standard InChI is InChI=1S/C18H22N4O3/c1-13-20-17(25-22-13)12-24-16-9-7-15(8-10-16)21-18(23)19-11-14-5-3-2-4-6-14/h2-3,7-10,14H,4-6,11-12H2,1H3,(H2,19,21,23)/t14-/m0/s1. The van der Waals surface area contributed by atoms with E-state index in [1.54, 1.807) is 31.2 Å². The zero-order chi connectivity index (χ0) is 17.5. The third-order valence-electron chi connectivity index (χ3n) is 3.97. The molecule has 0 bridgehead atoms. The van der Waals surface area contributed by atoms with Crippen LogP contribution in [0.25, 0.3) is 0 Å². The number of hydrogen-bond donors (Lipinski definition) is 2. The van der Waals surface area contributed by atoms with Crippen LogP contribution < -0.4 is 15.4 Å². The molecule has 0 spiro atoms. The molecule has 0 saturated carbocycles. The second kappa shape index (κ2) is 8.32. The number of rotatable bonds is 6. The number of carbonyl (C=O) groups excluding carboxylic acids is 1. The summed E-state index contributed by atoms with van der Waals surface area (Å²) in [6.07, 6.45) is 7.63. The highest BCUT2D eigenvalue weighted by molar-refractivity contribution is 5.89. The zero-order valence-corrected chi connectivity index (χ0v) is 14.2. The number of nitrogens with one attached hydrogen (secondary N) is 2. The summed E-state index contributed by atoms with van der Waals surface area (Å²) in [4.78, 5) is 16.0. The van der Waals surface area contributed by atoms with Crippen LogP contribution in [0, 0.1) is 12.8 Å². The smallest absolute Gasteiger partial charge is 0.319 e. The molecule has 7 nitrogen and oxygen atoms in total. The number of allylic oxidation sites excluding steroid dienone is 2. The fourth-order valence-corrected chi connectivity index (χ4v) is 2.63. The summed E-state index contributed by atoms with van der Waals surface area (Å²) in [5.74, 6) is 2.20. The second-order valence-electron chi connectivity index (χ2n) is 6.03. The Morgan fingerprint density at radius 1 is 1.32 bits per heavy atom. The lowest BCUT2D eigenvalue weighted by Gasteiger charge is -2.18. The van der Waals surface area contributed by atoms with E-state index in [1.807, 2.05) is 0 Å². The van der Waals surface area contributed by atoms with E-state index in [9.17, 15) is 4.79 Å². The average Bonchev–Trinajstić information content (AvgIpc) is 3.06. The van der Waals surface area contributed by atoms with Crippen LogP contribution in [0.2, 0.25) is 0 Å². The van der Waals surface area contributed by atoms with Gasteiger partial charge in [0.25, 0.3) is 5.89 Å². The van der Waals surface area contributed by atoms with Gasteiger partial charge in [-0.1, -0.05) is 17.3 Å². The molecule has 3 rings (SSSR count). The molecule has 2 amide bonds. The highest BCUT2D eigenvalue weighted by Gasteiger charge is 2.11. The maximum atomic E-state index is 12.0. The van der Waals surface area contributed by atoms with Crippen LogP contribution in [0.3, 0.4) is 0 Å². The van der Waals surface area contributed by atoms with Crippen LogP contribution in [0.15, 0.2) is 40.9 Å².